The third-order valence-electron chi connectivity index (χ3n) is 1.39. The van der Waals surface area contributed by atoms with Gasteiger partial charge in [-0.05, 0) is 9.91 Å². The number of nitro groups is 1. The number of nitrogens with two attached hydrogens (primary N) is 1. The molecule has 1 aromatic rings. The van der Waals surface area contributed by atoms with E-state index in [4.69, 9.17) is 11.0 Å². The Morgan fingerprint density at radius 3 is 2.85 bits per heavy atom. The molecular weight excluding hydrogens is 172 g/mol. The summed E-state index contributed by atoms with van der Waals surface area (Å²) in [6.07, 6.45) is 0. The average molecular weight is 178 g/mol. The predicted octanol–water partition coefficient (Wildman–Crippen LogP) is 0.320. The van der Waals surface area contributed by atoms with Gasteiger partial charge in [0.05, 0.1) is 24.2 Å². The highest BCUT2D eigenvalue weighted by Crippen LogP contribution is 2.11. The Balaban J connectivity index is 3.24. The lowest BCUT2D eigenvalue weighted by atomic mass is 10.2. The first-order chi connectivity index (χ1) is 6.17. The monoisotopic (exact) mass is 178 g/mol. The Bertz CT molecular complexity index is 383. The Morgan fingerprint density at radius 2 is 2.38 bits per heavy atom. The fraction of sp³-hybridized carbons (Fsp3) is 0.143. The maximum Gasteiger partial charge on any atom is 0.365 e. The minimum absolute atomic E-state index is 0.0797. The molecule has 6 heteroatoms. The first kappa shape index (κ1) is 9.09. The lowest BCUT2D eigenvalue weighted by Gasteiger charge is -1.94. The van der Waals surface area contributed by atoms with Gasteiger partial charge in [-0.2, -0.15) is 5.26 Å². The van der Waals surface area contributed by atoms with Crippen LogP contribution in [0, 0.1) is 21.4 Å². The summed E-state index contributed by atoms with van der Waals surface area (Å²) in [5.41, 5.74) is 5.78. The highest BCUT2D eigenvalue weighted by atomic mass is 16.6. The molecule has 0 aromatic carbocycles. The van der Waals surface area contributed by atoms with E-state index in [0.717, 1.165) is 6.07 Å². The lowest BCUT2D eigenvalue weighted by molar-refractivity contribution is -0.389. The largest absolute Gasteiger partial charge is 0.365 e. The van der Waals surface area contributed by atoms with Gasteiger partial charge in [0, 0.05) is 6.07 Å². The number of aromatic nitrogens is 1. The number of nitriles is 1. The molecular formula is C7H6N4O2. The minimum atomic E-state index is -0.653. The van der Waals surface area contributed by atoms with Gasteiger partial charge < -0.3 is 15.8 Å². The zero-order valence-corrected chi connectivity index (χ0v) is 6.60. The van der Waals surface area contributed by atoms with Crippen LogP contribution in [0.25, 0.3) is 0 Å². The van der Waals surface area contributed by atoms with Crippen LogP contribution in [-0.2, 0) is 6.54 Å². The molecule has 13 heavy (non-hydrogen) atoms. The predicted molar refractivity (Wildman–Crippen MR) is 43.5 cm³/mol. The summed E-state index contributed by atoms with van der Waals surface area (Å²) < 4.78 is 0. The summed E-state index contributed by atoms with van der Waals surface area (Å²) in [6.45, 7) is 0.0797. The summed E-state index contributed by atoms with van der Waals surface area (Å²) >= 11 is 0. The van der Waals surface area contributed by atoms with Gasteiger partial charge in [0.2, 0.25) is 0 Å². The van der Waals surface area contributed by atoms with Crippen LogP contribution in [0.4, 0.5) is 5.82 Å². The Kier molecular flexibility index (Phi) is 2.52. The molecule has 0 saturated heterocycles. The first-order valence-electron chi connectivity index (χ1n) is 3.43. The van der Waals surface area contributed by atoms with Gasteiger partial charge >= 0.3 is 5.82 Å². The molecule has 2 N–H and O–H groups in total. The topological polar surface area (TPSA) is 106 Å². The summed E-state index contributed by atoms with van der Waals surface area (Å²) in [5.74, 6) is -0.348. The lowest BCUT2D eigenvalue weighted by Crippen LogP contribution is -2.03. The van der Waals surface area contributed by atoms with Gasteiger partial charge in [-0.15, -0.1) is 0 Å². The van der Waals surface area contributed by atoms with Crippen LogP contribution in [0.15, 0.2) is 12.1 Å². The smallest absolute Gasteiger partial charge is 0.358 e. The second kappa shape index (κ2) is 3.60. The third-order valence-corrected chi connectivity index (χ3v) is 1.39. The molecule has 0 fully saturated rings. The highest BCUT2D eigenvalue weighted by Gasteiger charge is 2.11. The van der Waals surface area contributed by atoms with Gasteiger partial charge in [0.25, 0.3) is 0 Å². The van der Waals surface area contributed by atoms with Crippen LogP contribution >= 0.6 is 0 Å². The van der Waals surface area contributed by atoms with E-state index in [9.17, 15) is 10.1 Å². The summed E-state index contributed by atoms with van der Waals surface area (Å²) in [6, 6.07) is 4.33. The molecule has 0 saturated carbocycles. The average Bonchev–Trinajstić information content (AvgIpc) is 2.16. The Morgan fingerprint density at radius 1 is 1.69 bits per heavy atom. The fourth-order valence-electron chi connectivity index (χ4n) is 0.835. The zero-order valence-electron chi connectivity index (χ0n) is 6.60. The van der Waals surface area contributed by atoms with Crippen molar-refractivity contribution in [3.63, 3.8) is 0 Å². The molecule has 0 radical (unpaired) electrons. The Labute approximate surface area is 73.8 Å². The van der Waals surface area contributed by atoms with Crippen LogP contribution in [-0.4, -0.2) is 9.91 Å². The third kappa shape index (κ3) is 1.98. The number of hydrogen-bond donors (Lipinski definition) is 1. The first-order valence-corrected chi connectivity index (χ1v) is 3.43. The molecule has 0 amide bonds. The van der Waals surface area contributed by atoms with Gasteiger partial charge in [-0.1, -0.05) is 0 Å². The van der Waals surface area contributed by atoms with Crippen molar-refractivity contribution in [2.45, 2.75) is 6.54 Å². The number of hydrogen-bond acceptors (Lipinski definition) is 5. The van der Waals surface area contributed by atoms with E-state index in [1.165, 1.54) is 6.07 Å². The summed E-state index contributed by atoms with van der Waals surface area (Å²) in [7, 11) is 0. The number of pyridine rings is 1. The van der Waals surface area contributed by atoms with Gasteiger partial charge in [-0.25, -0.2) is 0 Å². The molecule has 0 aliphatic heterocycles. The van der Waals surface area contributed by atoms with E-state index in [-0.39, 0.29) is 17.9 Å². The van der Waals surface area contributed by atoms with Crippen molar-refractivity contribution in [3.8, 4) is 6.07 Å². The van der Waals surface area contributed by atoms with E-state index in [1.807, 2.05) is 0 Å². The van der Waals surface area contributed by atoms with Crippen LogP contribution < -0.4 is 5.73 Å². The van der Waals surface area contributed by atoms with Crippen LogP contribution in [0.3, 0.4) is 0 Å². The maximum atomic E-state index is 10.3. The fourth-order valence-corrected chi connectivity index (χ4v) is 0.835. The minimum Gasteiger partial charge on any atom is -0.358 e. The van der Waals surface area contributed by atoms with Crippen molar-refractivity contribution in [1.29, 1.82) is 5.26 Å². The van der Waals surface area contributed by atoms with Crippen molar-refractivity contribution in [1.82, 2.24) is 4.98 Å². The van der Waals surface area contributed by atoms with E-state index in [0.29, 0.717) is 5.69 Å². The zero-order chi connectivity index (χ0) is 9.84. The summed E-state index contributed by atoms with van der Waals surface area (Å²) in [5, 5.41) is 18.9. The maximum absolute atomic E-state index is 10.3. The molecule has 1 heterocycles. The molecule has 6 nitrogen and oxygen atoms in total. The van der Waals surface area contributed by atoms with E-state index in [2.05, 4.69) is 4.98 Å². The molecule has 0 aliphatic carbocycles. The van der Waals surface area contributed by atoms with Crippen molar-refractivity contribution >= 4 is 5.82 Å². The van der Waals surface area contributed by atoms with Gasteiger partial charge in [0.15, 0.2) is 5.69 Å². The summed E-state index contributed by atoms with van der Waals surface area (Å²) in [4.78, 5) is 13.3. The van der Waals surface area contributed by atoms with Crippen LogP contribution in [0.1, 0.15) is 11.3 Å². The second-order valence-corrected chi connectivity index (χ2v) is 2.28. The molecule has 1 rings (SSSR count). The van der Waals surface area contributed by atoms with E-state index in [1.54, 1.807) is 6.07 Å². The molecule has 66 valence electrons. The van der Waals surface area contributed by atoms with Gasteiger partial charge in [-0.3, -0.25) is 0 Å². The molecule has 0 atom stereocenters. The van der Waals surface area contributed by atoms with E-state index >= 15 is 0 Å². The Hall–Kier alpha value is -2.00. The molecule has 0 unspecified atom stereocenters. The van der Waals surface area contributed by atoms with Crippen molar-refractivity contribution in [2.24, 2.45) is 5.73 Å². The number of rotatable bonds is 2. The van der Waals surface area contributed by atoms with Gasteiger partial charge in [0.1, 0.15) is 0 Å². The molecule has 0 bridgehead atoms. The number of nitrogens with zero attached hydrogens (tertiary/aromatic N) is 3. The van der Waals surface area contributed by atoms with Crippen LogP contribution in [0.5, 0.6) is 0 Å². The van der Waals surface area contributed by atoms with E-state index < -0.39 is 4.92 Å². The SMILES string of the molecule is N#Cc1cc(CN)nc([N+](=O)[O-])c1. The normalized spacial score (nSPS) is 9.23. The standard InChI is InChI=1S/C7H6N4O2/c8-3-5-1-6(4-9)10-7(2-5)11(12)13/h1-2H,4,9H2. The second-order valence-electron chi connectivity index (χ2n) is 2.28. The molecule has 1 aromatic heterocycles. The van der Waals surface area contributed by atoms with Crippen LogP contribution in [0.2, 0.25) is 0 Å². The van der Waals surface area contributed by atoms with Crippen molar-refractivity contribution in [2.75, 3.05) is 0 Å². The quantitative estimate of drug-likeness (QED) is 0.518. The highest BCUT2D eigenvalue weighted by molar-refractivity contribution is 5.37. The van der Waals surface area contributed by atoms with Crippen molar-refractivity contribution < 1.29 is 4.92 Å². The molecule has 0 spiro atoms. The van der Waals surface area contributed by atoms with Crippen molar-refractivity contribution in [3.05, 3.63) is 33.5 Å². The molecule has 0 aliphatic rings.